The molecule has 2 atom stereocenters. The molecule has 0 aliphatic carbocycles. The summed E-state index contributed by atoms with van der Waals surface area (Å²) in [7, 11) is 0. The van der Waals surface area contributed by atoms with Crippen molar-refractivity contribution in [1.82, 2.24) is 4.90 Å². The van der Waals surface area contributed by atoms with Gasteiger partial charge in [0.15, 0.2) is 10.6 Å². The Kier molecular flexibility index (Phi) is 7.20. The number of carboxylic acids is 1. The molecule has 1 heterocycles. The maximum absolute atomic E-state index is 13.8. The van der Waals surface area contributed by atoms with Gasteiger partial charge < -0.3 is 14.6 Å². The second-order valence-corrected chi connectivity index (χ2v) is 8.79. The molecule has 3 rings (SSSR count). The predicted octanol–water partition coefficient (Wildman–Crippen LogP) is 5.07. The van der Waals surface area contributed by atoms with Gasteiger partial charge in [0.1, 0.15) is 0 Å². The van der Waals surface area contributed by atoms with Crippen molar-refractivity contribution in [2.24, 2.45) is 0 Å². The highest BCUT2D eigenvalue weighted by Gasteiger charge is 2.43. The summed E-state index contributed by atoms with van der Waals surface area (Å²) in [6, 6.07) is 15.0. The summed E-state index contributed by atoms with van der Waals surface area (Å²) in [5.41, 5.74) is -1.32. The summed E-state index contributed by atoms with van der Waals surface area (Å²) in [5, 5.41) is 20.0. The van der Waals surface area contributed by atoms with Gasteiger partial charge in [-0.05, 0) is 48.8 Å². The number of alkyl halides is 3. The molecule has 1 aliphatic rings. The zero-order chi connectivity index (χ0) is 24.3. The van der Waals surface area contributed by atoms with Crippen LogP contribution in [0.5, 0.6) is 0 Å². The SMILES string of the molecule is CCN1C(C)=C(C#N)C(c2ccccc2C(F)(F)F)C(C(=O)O)=C1C[S+]([O-])c1ccccc1. The molecule has 1 aliphatic heterocycles. The molecule has 5 nitrogen and oxygen atoms in total. The van der Waals surface area contributed by atoms with E-state index in [2.05, 4.69) is 0 Å². The second-order valence-electron chi connectivity index (χ2n) is 7.34. The molecule has 33 heavy (non-hydrogen) atoms. The number of hydrogen-bond donors (Lipinski definition) is 1. The maximum atomic E-state index is 13.8. The van der Waals surface area contributed by atoms with Gasteiger partial charge in [0, 0.05) is 12.2 Å². The highest BCUT2D eigenvalue weighted by molar-refractivity contribution is 7.91. The lowest BCUT2D eigenvalue weighted by atomic mass is 9.78. The maximum Gasteiger partial charge on any atom is 0.416 e. The van der Waals surface area contributed by atoms with Gasteiger partial charge in [-0.1, -0.05) is 36.4 Å². The van der Waals surface area contributed by atoms with E-state index in [-0.39, 0.29) is 34.7 Å². The lowest BCUT2D eigenvalue weighted by Gasteiger charge is -2.37. The van der Waals surface area contributed by atoms with Crippen LogP contribution >= 0.6 is 0 Å². The van der Waals surface area contributed by atoms with Gasteiger partial charge in [-0.25, -0.2) is 4.79 Å². The predicted molar refractivity (Wildman–Crippen MR) is 117 cm³/mol. The zero-order valence-electron chi connectivity index (χ0n) is 17.9. The van der Waals surface area contributed by atoms with Gasteiger partial charge >= 0.3 is 12.1 Å². The van der Waals surface area contributed by atoms with Crippen LogP contribution in [0.15, 0.2) is 82.0 Å². The number of allylic oxidation sites excluding steroid dienone is 2. The highest BCUT2D eigenvalue weighted by atomic mass is 32.2. The molecule has 172 valence electrons. The summed E-state index contributed by atoms with van der Waals surface area (Å²) in [6.45, 7) is 3.55. The van der Waals surface area contributed by atoms with Crippen LogP contribution in [0.25, 0.3) is 0 Å². The van der Waals surface area contributed by atoms with Crippen LogP contribution in [0.1, 0.15) is 30.9 Å². The third-order valence-electron chi connectivity index (χ3n) is 5.53. The number of hydrogen-bond acceptors (Lipinski definition) is 4. The quantitative estimate of drug-likeness (QED) is 0.591. The van der Waals surface area contributed by atoms with Gasteiger partial charge in [-0.3, -0.25) is 0 Å². The van der Waals surface area contributed by atoms with Crippen molar-refractivity contribution in [3.8, 4) is 6.07 Å². The number of carbonyl (C=O) groups is 1. The summed E-state index contributed by atoms with van der Waals surface area (Å²) >= 11 is -1.65. The van der Waals surface area contributed by atoms with Crippen molar-refractivity contribution >= 4 is 17.1 Å². The number of halogens is 3. The Hall–Kier alpha value is -3.22. The average Bonchev–Trinajstić information content (AvgIpc) is 2.78. The molecule has 0 fully saturated rings. The monoisotopic (exact) mass is 474 g/mol. The Bertz CT molecular complexity index is 1150. The van der Waals surface area contributed by atoms with Gasteiger partial charge in [0.25, 0.3) is 0 Å². The number of benzene rings is 2. The van der Waals surface area contributed by atoms with Crippen molar-refractivity contribution < 1.29 is 27.6 Å². The van der Waals surface area contributed by atoms with Crippen LogP contribution in [-0.4, -0.2) is 32.8 Å². The molecule has 2 aromatic rings. The lowest BCUT2D eigenvalue weighted by Crippen LogP contribution is -2.36. The van der Waals surface area contributed by atoms with Gasteiger partial charge in [-0.2, -0.15) is 18.4 Å². The zero-order valence-corrected chi connectivity index (χ0v) is 18.7. The minimum Gasteiger partial charge on any atom is -0.611 e. The van der Waals surface area contributed by atoms with Crippen molar-refractivity contribution in [1.29, 1.82) is 5.26 Å². The molecule has 2 aromatic carbocycles. The Morgan fingerprint density at radius 3 is 2.33 bits per heavy atom. The molecular formula is C24H21F3N2O3S. The van der Waals surface area contributed by atoms with Gasteiger partial charge in [-0.15, -0.1) is 0 Å². The molecule has 0 aromatic heterocycles. The number of carboxylic acid groups (broad SMARTS) is 1. The van der Waals surface area contributed by atoms with Gasteiger partial charge in [0.2, 0.25) is 0 Å². The smallest absolute Gasteiger partial charge is 0.416 e. The van der Waals surface area contributed by atoms with E-state index in [1.54, 1.807) is 49.1 Å². The van der Waals surface area contributed by atoms with Crippen molar-refractivity contribution in [3.05, 3.63) is 88.3 Å². The van der Waals surface area contributed by atoms with E-state index < -0.39 is 34.8 Å². The first-order valence-electron chi connectivity index (χ1n) is 10.1. The summed E-state index contributed by atoms with van der Waals surface area (Å²) < 4.78 is 54.5. The van der Waals surface area contributed by atoms with Crippen LogP contribution in [0.3, 0.4) is 0 Å². The Labute approximate surface area is 192 Å². The molecule has 0 saturated heterocycles. The molecule has 1 N–H and O–H groups in total. The molecule has 0 amide bonds. The van der Waals surface area contributed by atoms with Crippen LogP contribution in [0.2, 0.25) is 0 Å². The van der Waals surface area contributed by atoms with E-state index in [9.17, 15) is 32.9 Å². The fourth-order valence-corrected chi connectivity index (χ4v) is 5.27. The third-order valence-corrected chi connectivity index (χ3v) is 6.86. The van der Waals surface area contributed by atoms with Crippen molar-refractivity contribution in [2.75, 3.05) is 12.3 Å². The lowest BCUT2D eigenvalue weighted by molar-refractivity contribution is -0.139. The minimum atomic E-state index is -4.75. The van der Waals surface area contributed by atoms with Crippen molar-refractivity contribution in [3.63, 3.8) is 0 Å². The van der Waals surface area contributed by atoms with Crippen LogP contribution < -0.4 is 0 Å². The Morgan fingerprint density at radius 2 is 1.79 bits per heavy atom. The first-order valence-corrected chi connectivity index (χ1v) is 11.4. The van der Waals surface area contributed by atoms with E-state index in [1.165, 1.54) is 18.2 Å². The van der Waals surface area contributed by atoms with Crippen LogP contribution in [0, 0.1) is 11.3 Å². The minimum absolute atomic E-state index is 0.0832. The number of nitrogens with zero attached hydrogens (tertiary/aromatic N) is 2. The fraction of sp³-hybridized carbons (Fsp3) is 0.250. The van der Waals surface area contributed by atoms with E-state index in [4.69, 9.17) is 0 Å². The molecule has 0 bridgehead atoms. The van der Waals surface area contributed by atoms with E-state index in [0.29, 0.717) is 10.6 Å². The van der Waals surface area contributed by atoms with E-state index in [0.717, 1.165) is 6.07 Å². The summed E-state index contributed by atoms with van der Waals surface area (Å²) in [6.07, 6.45) is -4.75. The van der Waals surface area contributed by atoms with E-state index >= 15 is 0 Å². The third kappa shape index (κ3) is 4.77. The number of nitriles is 1. The Balaban J connectivity index is 2.28. The first kappa shape index (κ1) is 24.4. The normalized spacial score (nSPS) is 17.7. The highest BCUT2D eigenvalue weighted by Crippen LogP contribution is 2.46. The molecule has 2 unspecified atom stereocenters. The van der Waals surface area contributed by atoms with Crippen LogP contribution in [0.4, 0.5) is 13.2 Å². The fourth-order valence-electron chi connectivity index (χ4n) is 4.09. The molecule has 0 radical (unpaired) electrons. The topological polar surface area (TPSA) is 87.4 Å². The standard InChI is InChI=1S/C24H21F3N2O3S/c1-3-29-15(2)18(13-28)21(17-11-7-8-12-19(17)24(25,26)27)22(23(30)31)20(29)14-33(32)16-9-5-4-6-10-16/h4-12,21H,3,14H2,1-2H3,(H,30,31). The molecule has 9 heteroatoms. The van der Waals surface area contributed by atoms with Crippen molar-refractivity contribution in [2.45, 2.75) is 30.8 Å². The van der Waals surface area contributed by atoms with E-state index in [1.807, 2.05) is 6.07 Å². The number of rotatable bonds is 6. The van der Waals surface area contributed by atoms with Crippen LogP contribution in [-0.2, 0) is 22.1 Å². The molecule has 0 spiro atoms. The molecular weight excluding hydrogens is 453 g/mol. The van der Waals surface area contributed by atoms with Gasteiger partial charge in [0.05, 0.1) is 34.4 Å². The summed E-state index contributed by atoms with van der Waals surface area (Å²) in [5.74, 6) is -3.13. The Morgan fingerprint density at radius 1 is 1.18 bits per heavy atom. The summed E-state index contributed by atoms with van der Waals surface area (Å²) in [4.78, 5) is 14.5. The average molecular weight is 475 g/mol. The second kappa shape index (κ2) is 9.73. The number of aliphatic carboxylic acids is 1. The molecule has 0 saturated carbocycles. The largest absolute Gasteiger partial charge is 0.611 e. The first-order chi connectivity index (χ1) is 15.6.